The molecule has 3 aromatic rings. The van der Waals surface area contributed by atoms with E-state index in [0.717, 1.165) is 30.6 Å². The molecule has 0 bridgehead atoms. The molecule has 1 aromatic heterocycles. The molecule has 0 aliphatic carbocycles. The minimum atomic E-state index is 0. The molecule has 0 spiro atoms. The van der Waals surface area contributed by atoms with Gasteiger partial charge in [-0.25, -0.2) is 4.99 Å². The van der Waals surface area contributed by atoms with Crippen LogP contribution >= 0.6 is 24.0 Å². The molecule has 164 valence electrons. The third kappa shape index (κ3) is 7.50. The van der Waals surface area contributed by atoms with E-state index < -0.39 is 0 Å². The Bertz CT molecular complexity index is 953. The molecule has 0 aliphatic rings. The van der Waals surface area contributed by atoms with E-state index >= 15 is 0 Å². The predicted molar refractivity (Wildman–Crippen MR) is 138 cm³/mol. The number of hydrogen-bond acceptors (Lipinski definition) is 3. The molecular formula is C24H31IN6. The highest BCUT2D eigenvalue weighted by Crippen LogP contribution is 2.20. The van der Waals surface area contributed by atoms with E-state index in [1.165, 1.54) is 11.1 Å². The fourth-order valence-corrected chi connectivity index (χ4v) is 3.23. The number of aryl methyl sites for hydroxylation is 1. The van der Waals surface area contributed by atoms with Crippen LogP contribution in [0.15, 0.2) is 78.3 Å². The standard InChI is InChI=1S/C24H30N6.HI/c1-4-15-25-24(27-18-23-29-28-19(2)30(23)3)26-17-22(21-13-9-6-10-14-21)16-20-11-7-5-8-12-20;/h4-14,22H,1,15-18H2,2-3H3,(H2,25,26,27);1H. The summed E-state index contributed by atoms with van der Waals surface area (Å²) in [5.74, 6) is 2.77. The number of nitrogens with one attached hydrogen (secondary N) is 2. The Hall–Kier alpha value is -2.68. The lowest BCUT2D eigenvalue weighted by Gasteiger charge is -2.20. The van der Waals surface area contributed by atoms with Gasteiger partial charge in [-0.3, -0.25) is 0 Å². The zero-order chi connectivity index (χ0) is 21.2. The second-order valence-corrected chi connectivity index (χ2v) is 7.24. The maximum Gasteiger partial charge on any atom is 0.191 e. The summed E-state index contributed by atoms with van der Waals surface area (Å²) < 4.78 is 1.96. The van der Waals surface area contributed by atoms with Crippen LogP contribution in [0.1, 0.15) is 28.7 Å². The van der Waals surface area contributed by atoms with Crippen LogP contribution in [0.3, 0.4) is 0 Å². The molecule has 0 radical (unpaired) electrons. The second-order valence-electron chi connectivity index (χ2n) is 7.24. The van der Waals surface area contributed by atoms with E-state index in [4.69, 9.17) is 4.99 Å². The van der Waals surface area contributed by atoms with Gasteiger partial charge in [-0.1, -0.05) is 66.7 Å². The van der Waals surface area contributed by atoms with E-state index in [9.17, 15) is 0 Å². The normalized spacial score (nSPS) is 12.0. The van der Waals surface area contributed by atoms with Gasteiger partial charge < -0.3 is 15.2 Å². The van der Waals surface area contributed by atoms with Gasteiger partial charge in [0.25, 0.3) is 0 Å². The van der Waals surface area contributed by atoms with E-state index in [1.807, 2.05) is 24.6 Å². The van der Waals surface area contributed by atoms with Crippen molar-refractivity contribution in [2.75, 3.05) is 13.1 Å². The monoisotopic (exact) mass is 530 g/mol. The Morgan fingerprint density at radius 3 is 2.35 bits per heavy atom. The molecule has 3 rings (SSSR count). The van der Waals surface area contributed by atoms with E-state index in [2.05, 4.69) is 88.1 Å². The molecule has 0 saturated heterocycles. The maximum absolute atomic E-state index is 4.70. The van der Waals surface area contributed by atoms with Crippen LogP contribution < -0.4 is 10.6 Å². The van der Waals surface area contributed by atoms with E-state index in [0.29, 0.717) is 19.0 Å². The number of benzene rings is 2. The predicted octanol–water partition coefficient (Wildman–Crippen LogP) is 3.99. The van der Waals surface area contributed by atoms with Gasteiger partial charge in [-0.05, 0) is 24.5 Å². The summed E-state index contributed by atoms with van der Waals surface area (Å²) in [5.41, 5.74) is 2.63. The summed E-state index contributed by atoms with van der Waals surface area (Å²) in [4.78, 5) is 4.70. The highest BCUT2D eigenvalue weighted by molar-refractivity contribution is 14.0. The quantitative estimate of drug-likeness (QED) is 0.190. The molecule has 1 heterocycles. The van der Waals surface area contributed by atoms with Crippen LogP contribution in [-0.4, -0.2) is 33.8 Å². The van der Waals surface area contributed by atoms with Crippen LogP contribution in [-0.2, 0) is 20.0 Å². The lowest BCUT2D eigenvalue weighted by molar-refractivity contribution is 0.645. The molecule has 6 nitrogen and oxygen atoms in total. The maximum atomic E-state index is 4.70. The van der Waals surface area contributed by atoms with E-state index in [1.54, 1.807) is 0 Å². The topological polar surface area (TPSA) is 67.1 Å². The van der Waals surface area contributed by atoms with Crippen molar-refractivity contribution < 1.29 is 0 Å². The molecule has 7 heteroatoms. The van der Waals surface area contributed by atoms with Crippen LogP contribution in [0, 0.1) is 6.92 Å². The Kier molecular flexibility index (Phi) is 10.2. The Morgan fingerprint density at radius 1 is 1.06 bits per heavy atom. The Labute approximate surface area is 201 Å². The van der Waals surface area contributed by atoms with Crippen molar-refractivity contribution in [3.63, 3.8) is 0 Å². The molecule has 0 amide bonds. The molecule has 1 atom stereocenters. The summed E-state index contributed by atoms with van der Waals surface area (Å²) in [7, 11) is 1.95. The molecule has 0 fully saturated rings. The van der Waals surface area contributed by atoms with Gasteiger partial charge in [0.15, 0.2) is 11.8 Å². The van der Waals surface area contributed by atoms with Gasteiger partial charge >= 0.3 is 0 Å². The first-order valence-electron chi connectivity index (χ1n) is 10.2. The minimum absolute atomic E-state index is 0. The average Bonchev–Trinajstić information content (AvgIpc) is 3.11. The molecule has 0 saturated carbocycles. The van der Waals surface area contributed by atoms with E-state index in [-0.39, 0.29) is 24.0 Å². The summed E-state index contributed by atoms with van der Waals surface area (Å²) in [6.45, 7) is 7.59. The van der Waals surface area contributed by atoms with Crippen molar-refractivity contribution in [1.82, 2.24) is 25.4 Å². The fourth-order valence-electron chi connectivity index (χ4n) is 3.23. The van der Waals surface area contributed by atoms with Crippen molar-refractivity contribution in [3.8, 4) is 0 Å². The first kappa shape index (κ1) is 24.6. The fraction of sp³-hybridized carbons (Fsp3) is 0.292. The Morgan fingerprint density at radius 2 is 1.74 bits per heavy atom. The number of halogens is 1. The molecule has 0 aliphatic heterocycles. The van der Waals surface area contributed by atoms with Gasteiger partial charge in [0, 0.05) is 26.1 Å². The second kappa shape index (κ2) is 12.9. The number of rotatable bonds is 9. The van der Waals surface area contributed by atoms with Gasteiger partial charge in [-0.2, -0.15) is 0 Å². The number of aromatic nitrogens is 3. The molecule has 31 heavy (non-hydrogen) atoms. The third-order valence-corrected chi connectivity index (χ3v) is 5.09. The number of nitrogens with zero attached hydrogens (tertiary/aromatic N) is 4. The van der Waals surface area contributed by atoms with Gasteiger partial charge in [-0.15, -0.1) is 40.8 Å². The first-order valence-corrected chi connectivity index (χ1v) is 10.2. The van der Waals surface area contributed by atoms with Crippen molar-refractivity contribution >= 4 is 29.9 Å². The molecular weight excluding hydrogens is 499 g/mol. The minimum Gasteiger partial charge on any atom is -0.356 e. The largest absolute Gasteiger partial charge is 0.356 e. The van der Waals surface area contributed by atoms with Crippen LogP contribution in [0.2, 0.25) is 0 Å². The smallest absolute Gasteiger partial charge is 0.191 e. The summed E-state index contributed by atoms with van der Waals surface area (Å²) >= 11 is 0. The zero-order valence-corrected chi connectivity index (χ0v) is 20.5. The van der Waals surface area contributed by atoms with Crippen LogP contribution in [0.4, 0.5) is 0 Å². The third-order valence-electron chi connectivity index (χ3n) is 5.09. The Balaban J connectivity index is 0.00000341. The number of aliphatic imine (C=N–C) groups is 1. The van der Waals surface area contributed by atoms with Crippen molar-refractivity contribution in [1.29, 1.82) is 0 Å². The molecule has 2 aromatic carbocycles. The van der Waals surface area contributed by atoms with Gasteiger partial charge in [0.05, 0.1) is 0 Å². The first-order chi connectivity index (χ1) is 14.7. The summed E-state index contributed by atoms with van der Waals surface area (Å²) in [6.07, 6.45) is 2.78. The molecule has 1 unspecified atom stereocenters. The molecule has 2 N–H and O–H groups in total. The van der Waals surface area contributed by atoms with Gasteiger partial charge in [0.2, 0.25) is 0 Å². The summed E-state index contributed by atoms with van der Waals surface area (Å²) in [5, 5.41) is 15.1. The van der Waals surface area contributed by atoms with Crippen molar-refractivity contribution in [2.45, 2.75) is 25.8 Å². The summed E-state index contributed by atoms with van der Waals surface area (Å²) in [6, 6.07) is 21.2. The highest BCUT2D eigenvalue weighted by Gasteiger charge is 2.13. The highest BCUT2D eigenvalue weighted by atomic mass is 127. The van der Waals surface area contributed by atoms with Crippen molar-refractivity contribution in [2.24, 2.45) is 12.0 Å². The lowest BCUT2D eigenvalue weighted by atomic mass is 9.92. The van der Waals surface area contributed by atoms with Gasteiger partial charge in [0.1, 0.15) is 12.4 Å². The van der Waals surface area contributed by atoms with Crippen LogP contribution in [0.25, 0.3) is 0 Å². The SMILES string of the molecule is C=CCNC(=NCc1nnc(C)n1C)NCC(Cc1ccccc1)c1ccccc1.I. The van der Waals surface area contributed by atoms with Crippen molar-refractivity contribution in [3.05, 3.63) is 96.1 Å². The lowest BCUT2D eigenvalue weighted by Crippen LogP contribution is -2.40. The average molecular weight is 530 g/mol. The zero-order valence-electron chi connectivity index (χ0n) is 18.2. The number of hydrogen-bond donors (Lipinski definition) is 2. The van der Waals surface area contributed by atoms with Crippen LogP contribution in [0.5, 0.6) is 0 Å². The number of guanidine groups is 1.